The molecule has 1 aliphatic rings. The Morgan fingerprint density at radius 2 is 1.79 bits per heavy atom. The van der Waals surface area contributed by atoms with Crippen molar-refractivity contribution < 1.29 is 14.2 Å². The molecule has 1 heterocycles. The van der Waals surface area contributed by atoms with Crippen molar-refractivity contribution in [2.75, 3.05) is 52.7 Å². The molecule has 2 N–H and O–H groups in total. The van der Waals surface area contributed by atoms with Crippen LogP contribution in [0.4, 0.5) is 0 Å². The lowest BCUT2D eigenvalue weighted by Crippen LogP contribution is -2.42. The number of halogens is 1. The number of nitrogens with one attached hydrogen (secondary N) is 2. The molecule has 2 rings (SSSR count). The zero-order valence-electron chi connectivity index (χ0n) is 17.5. The zero-order chi connectivity index (χ0) is 19.4. The van der Waals surface area contributed by atoms with Crippen molar-refractivity contribution in [2.45, 2.75) is 39.0 Å². The second kappa shape index (κ2) is 14.0. The number of nitrogens with zero attached hydrogens (tertiary/aromatic N) is 1. The van der Waals surface area contributed by atoms with Crippen LogP contribution in [0.15, 0.2) is 29.3 Å². The zero-order valence-corrected chi connectivity index (χ0v) is 19.8. The molecule has 1 saturated heterocycles. The Hall–Kier alpha value is -1.06. The minimum absolute atomic E-state index is 0. The highest BCUT2D eigenvalue weighted by molar-refractivity contribution is 14.0. The third-order valence-corrected chi connectivity index (χ3v) is 4.85. The average Bonchev–Trinajstić information content (AvgIpc) is 2.71. The van der Waals surface area contributed by atoms with Crippen molar-refractivity contribution in [1.82, 2.24) is 10.6 Å². The summed E-state index contributed by atoms with van der Waals surface area (Å²) in [7, 11) is 0. The van der Waals surface area contributed by atoms with Gasteiger partial charge in [-0.05, 0) is 51.3 Å². The van der Waals surface area contributed by atoms with Crippen molar-refractivity contribution in [3.8, 4) is 5.75 Å². The molecule has 28 heavy (non-hydrogen) atoms. The van der Waals surface area contributed by atoms with Gasteiger partial charge in [0.15, 0.2) is 5.96 Å². The van der Waals surface area contributed by atoms with Crippen LogP contribution in [0.2, 0.25) is 0 Å². The van der Waals surface area contributed by atoms with Crippen LogP contribution in [0.5, 0.6) is 5.75 Å². The van der Waals surface area contributed by atoms with Gasteiger partial charge in [-0.3, -0.25) is 4.99 Å². The van der Waals surface area contributed by atoms with Crippen molar-refractivity contribution in [3.05, 3.63) is 29.8 Å². The second-order valence-electron chi connectivity index (χ2n) is 6.67. The largest absolute Gasteiger partial charge is 0.494 e. The smallest absolute Gasteiger partial charge is 0.191 e. The summed E-state index contributed by atoms with van der Waals surface area (Å²) >= 11 is 0. The van der Waals surface area contributed by atoms with E-state index in [4.69, 9.17) is 19.2 Å². The van der Waals surface area contributed by atoms with Gasteiger partial charge in [-0.2, -0.15) is 0 Å². The highest BCUT2D eigenvalue weighted by atomic mass is 127. The lowest BCUT2D eigenvalue weighted by Gasteiger charge is -2.36. The summed E-state index contributed by atoms with van der Waals surface area (Å²) in [5.74, 6) is 1.76. The maximum atomic E-state index is 5.63. The van der Waals surface area contributed by atoms with E-state index >= 15 is 0 Å². The molecule has 1 fully saturated rings. The van der Waals surface area contributed by atoms with E-state index in [0.29, 0.717) is 13.2 Å². The summed E-state index contributed by atoms with van der Waals surface area (Å²) < 4.78 is 16.6. The molecule has 1 aliphatic heterocycles. The number of ether oxygens (including phenoxy) is 3. The highest BCUT2D eigenvalue weighted by Gasteiger charge is 2.34. The van der Waals surface area contributed by atoms with Crippen molar-refractivity contribution in [3.63, 3.8) is 0 Å². The molecule has 0 aromatic heterocycles. The van der Waals surface area contributed by atoms with Crippen molar-refractivity contribution in [1.29, 1.82) is 0 Å². The fourth-order valence-electron chi connectivity index (χ4n) is 3.33. The summed E-state index contributed by atoms with van der Waals surface area (Å²) in [6.07, 6.45) is 1.95. The van der Waals surface area contributed by atoms with Crippen LogP contribution in [-0.4, -0.2) is 58.6 Å². The molecule has 160 valence electrons. The monoisotopic (exact) mass is 505 g/mol. The third kappa shape index (κ3) is 7.75. The van der Waals surface area contributed by atoms with Crippen LogP contribution in [0, 0.1) is 0 Å². The van der Waals surface area contributed by atoms with Crippen LogP contribution in [-0.2, 0) is 14.9 Å². The summed E-state index contributed by atoms with van der Waals surface area (Å²) in [5.41, 5.74) is 1.31. The van der Waals surface area contributed by atoms with Crippen molar-refractivity contribution in [2.24, 2.45) is 4.99 Å². The van der Waals surface area contributed by atoms with Gasteiger partial charge in [-0.25, -0.2) is 0 Å². The Kier molecular flexibility index (Phi) is 12.5. The van der Waals surface area contributed by atoms with E-state index < -0.39 is 0 Å². The number of guanidine groups is 1. The second-order valence-corrected chi connectivity index (χ2v) is 6.67. The fraction of sp³-hybridized carbons (Fsp3) is 0.667. The predicted molar refractivity (Wildman–Crippen MR) is 125 cm³/mol. The minimum atomic E-state index is 0. The molecule has 0 unspecified atom stereocenters. The van der Waals surface area contributed by atoms with Gasteiger partial charge in [0.1, 0.15) is 5.75 Å². The van der Waals surface area contributed by atoms with E-state index in [1.165, 1.54) is 5.56 Å². The van der Waals surface area contributed by atoms with E-state index in [0.717, 1.165) is 64.0 Å². The van der Waals surface area contributed by atoms with E-state index in [1.807, 2.05) is 13.8 Å². The molecule has 0 amide bonds. The predicted octanol–water partition coefficient (Wildman–Crippen LogP) is 3.34. The van der Waals surface area contributed by atoms with E-state index in [-0.39, 0.29) is 29.4 Å². The molecule has 0 bridgehead atoms. The molecule has 7 heteroatoms. The number of benzene rings is 1. The van der Waals surface area contributed by atoms with Crippen LogP contribution in [0.1, 0.15) is 39.2 Å². The summed E-state index contributed by atoms with van der Waals surface area (Å²) in [6, 6.07) is 8.49. The Bertz CT molecular complexity index is 561. The summed E-state index contributed by atoms with van der Waals surface area (Å²) in [5, 5.41) is 6.68. The van der Waals surface area contributed by atoms with Gasteiger partial charge in [0, 0.05) is 38.3 Å². The standard InChI is InChI=1S/C21H35N3O3.HI/c1-4-22-20(23-13-16-25-5-2)24-17-21(11-14-26-15-12-21)18-7-9-19(10-8-18)27-6-3;/h7-10H,4-6,11-17H2,1-3H3,(H2,22,23,24);1H. The maximum Gasteiger partial charge on any atom is 0.191 e. The fourth-order valence-corrected chi connectivity index (χ4v) is 3.33. The maximum absolute atomic E-state index is 5.63. The number of hydrogen-bond acceptors (Lipinski definition) is 4. The van der Waals surface area contributed by atoms with E-state index in [9.17, 15) is 0 Å². The lowest BCUT2D eigenvalue weighted by molar-refractivity contribution is 0.0531. The Balaban J connectivity index is 0.00000392. The Morgan fingerprint density at radius 3 is 2.39 bits per heavy atom. The van der Waals surface area contributed by atoms with Crippen LogP contribution in [0.25, 0.3) is 0 Å². The van der Waals surface area contributed by atoms with Crippen LogP contribution in [0.3, 0.4) is 0 Å². The average molecular weight is 505 g/mol. The SMILES string of the molecule is CCNC(=NCC1(c2ccc(OCC)cc2)CCOCC1)NCCOCC.I. The van der Waals surface area contributed by atoms with Crippen LogP contribution >= 0.6 is 24.0 Å². The first-order chi connectivity index (χ1) is 13.2. The number of hydrogen-bond donors (Lipinski definition) is 2. The van der Waals surface area contributed by atoms with Gasteiger partial charge in [0.25, 0.3) is 0 Å². The highest BCUT2D eigenvalue weighted by Crippen LogP contribution is 2.36. The number of aliphatic imine (C=N–C) groups is 1. The van der Waals surface area contributed by atoms with Crippen LogP contribution < -0.4 is 15.4 Å². The molecule has 0 spiro atoms. The van der Waals surface area contributed by atoms with Gasteiger partial charge < -0.3 is 24.8 Å². The summed E-state index contributed by atoms with van der Waals surface area (Å²) in [6.45, 7) is 12.0. The minimum Gasteiger partial charge on any atom is -0.494 e. The number of rotatable bonds is 10. The Morgan fingerprint density at radius 1 is 1.07 bits per heavy atom. The van der Waals surface area contributed by atoms with Gasteiger partial charge in [-0.15, -0.1) is 24.0 Å². The van der Waals surface area contributed by atoms with E-state index in [2.05, 4.69) is 41.8 Å². The summed E-state index contributed by atoms with van der Waals surface area (Å²) in [4.78, 5) is 4.89. The first-order valence-corrected chi connectivity index (χ1v) is 10.1. The molecular weight excluding hydrogens is 469 g/mol. The van der Waals surface area contributed by atoms with Gasteiger partial charge in [0.2, 0.25) is 0 Å². The molecule has 0 atom stereocenters. The van der Waals surface area contributed by atoms with Crippen molar-refractivity contribution >= 4 is 29.9 Å². The van der Waals surface area contributed by atoms with Gasteiger partial charge in [0.05, 0.1) is 19.8 Å². The molecule has 0 saturated carbocycles. The first kappa shape index (κ1) is 25.0. The van der Waals surface area contributed by atoms with E-state index in [1.54, 1.807) is 0 Å². The molecular formula is C21H36IN3O3. The third-order valence-electron chi connectivity index (χ3n) is 4.85. The van der Waals surface area contributed by atoms with Gasteiger partial charge in [-0.1, -0.05) is 12.1 Å². The first-order valence-electron chi connectivity index (χ1n) is 10.1. The van der Waals surface area contributed by atoms with Gasteiger partial charge >= 0.3 is 0 Å². The quantitative estimate of drug-likeness (QED) is 0.221. The molecule has 0 radical (unpaired) electrons. The Labute approximate surface area is 186 Å². The normalized spacial score (nSPS) is 16.2. The topological polar surface area (TPSA) is 64.1 Å². The lowest BCUT2D eigenvalue weighted by atomic mass is 9.74. The molecule has 6 nitrogen and oxygen atoms in total. The molecule has 1 aromatic rings. The molecule has 0 aliphatic carbocycles. The molecule has 1 aromatic carbocycles.